The summed E-state index contributed by atoms with van der Waals surface area (Å²) in [5.74, 6) is -2.61. The maximum absolute atomic E-state index is 13.1. The Balaban J connectivity index is 5.70. The molecule has 3 atom stereocenters. The minimum absolute atomic E-state index is 0.136. The molecule has 0 aliphatic heterocycles. The van der Waals surface area contributed by atoms with Crippen LogP contribution >= 0.6 is 0 Å². The summed E-state index contributed by atoms with van der Waals surface area (Å²) in [4.78, 5) is 36.3. The molecule has 0 saturated heterocycles. The Bertz CT molecular complexity index is 521. The fraction of sp³-hybridized carbons (Fsp3) is 0.833. The Hall–Kier alpha value is -1.67. The summed E-state index contributed by atoms with van der Waals surface area (Å²) in [5, 5.41) is 24.5. The number of carbonyl (C=O) groups is 3. The zero-order chi connectivity index (χ0) is 20.9. The number of carboxylic acids is 1. The van der Waals surface area contributed by atoms with Crippen LogP contribution in [0.4, 0.5) is 4.79 Å². The molecule has 0 bridgehead atoms. The van der Waals surface area contributed by atoms with Crippen molar-refractivity contribution in [3.63, 3.8) is 0 Å². The van der Waals surface area contributed by atoms with Crippen LogP contribution in [0.3, 0.4) is 0 Å². The molecule has 0 aromatic rings. The zero-order valence-electron chi connectivity index (χ0n) is 17.2. The largest absolute Gasteiger partial charge is 0.550 e. The van der Waals surface area contributed by atoms with Gasteiger partial charge in [-0.05, 0) is 26.7 Å². The van der Waals surface area contributed by atoms with Crippen LogP contribution in [0.25, 0.3) is 0 Å². The minimum atomic E-state index is -2.17. The molecule has 0 heterocycles. The number of likely N-dealkylation sites (N-methyl/N-ethyl adjacent to an activating group) is 1. The molecule has 2 N–H and O–H groups in total. The molecule has 0 saturated carbocycles. The lowest BCUT2D eigenvalue weighted by atomic mass is 9.83. The van der Waals surface area contributed by atoms with E-state index < -0.39 is 41.5 Å². The molecule has 8 heteroatoms. The molecule has 0 unspecified atom stereocenters. The van der Waals surface area contributed by atoms with Gasteiger partial charge in [0.15, 0.2) is 11.4 Å². The molecule has 1 amide bonds. The van der Waals surface area contributed by atoms with Gasteiger partial charge in [0.2, 0.25) is 0 Å². The zero-order valence-corrected chi connectivity index (χ0v) is 17.2. The Morgan fingerprint density at radius 2 is 1.69 bits per heavy atom. The van der Waals surface area contributed by atoms with E-state index in [4.69, 9.17) is 4.74 Å². The quantitative estimate of drug-likeness (QED) is 0.552. The molecule has 8 nitrogen and oxygen atoms in total. The first-order valence-corrected chi connectivity index (χ1v) is 8.77. The first-order valence-electron chi connectivity index (χ1n) is 8.77. The third-order valence-corrected chi connectivity index (χ3v) is 3.80. The number of Topliss-reactive ketones (excluding diaryl/α,β-unsaturated/α-hetero) is 1. The van der Waals surface area contributed by atoms with Gasteiger partial charge in [0.1, 0.15) is 12.1 Å². The van der Waals surface area contributed by atoms with Crippen molar-refractivity contribution in [2.45, 2.75) is 64.7 Å². The van der Waals surface area contributed by atoms with E-state index in [0.29, 0.717) is 6.42 Å². The van der Waals surface area contributed by atoms with Crippen LogP contribution in [-0.2, 0) is 14.3 Å². The maximum atomic E-state index is 13.1. The molecule has 26 heavy (non-hydrogen) atoms. The molecule has 0 fully saturated rings. The summed E-state index contributed by atoms with van der Waals surface area (Å²) < 4.78 is 5.35. The number of quaternary nitrogens is 1. The molecule has 0 spiro atoms. The molecule has 0 aliphatic rings. The van der Waals surface area contributed by atoms with Gasteiger partial charge < -0.3 is 29.5 Å². The third kappa shape index (κ3) is 8.62. The average molecular weight is 374 g/mol. The van der Waals surface area contributed by atoms with Gasteiger partial charge in [0, 0.05) is 12.4 Å². The van der Waals surface area contributed by atoms with Crippen molar-refractivity contribution in [3.05, 3.63) is 0 Å². The number of nitrogens with zero attached hydrogens (tertiary/aromatic N) is 1. The van der Waals surface area contributed by atoms with Crippen LogP contribution in [0.1, 0.15) is 47.5 Å². The molecule has 152 valence electrons. The standard InChI is InChI=1S/C18H34N2O6/c1-9-12(2)14(19-16(24)26-17(3,4)5)15(23)18(25,10-13(21)22)11-20(6,7)8/h12,14,25H,9-11H2,1-8H3,(H-,19,21,22,24)/t12-,14-,18+/m0/s1. The minimum Gasteiger partial charge on any atom is -0.550 e. The van der Waals surface area contributed by atoms with Gasteiger partial charge in [0.05, 0.1) is 27.2 Å². The number of aliphatic carboxylic acids is 1. The van der Waals surface area contributed by atoms with Crippen LogP contribution in [0.15, 0.2) is 0 Å². The third-order valence-electron chi connectivity index (χ3n) is 3.80. The van der Waals surface area contributed by atoms with Crippen LogP contribution in [-0.4, -0.2) is 72.4 Å². The average Bonchev–Trinajstić information content (AvgIpc) is 2.38. The van der Waals surface area contributed by atoms with Crippen molar-refractivity contribution >= 4 is 17.8 Å². The van der Waals surface area contributed by atoms with E-state index in [2.05, 4.69) is 5.32 Å². The first-order chi connectivity index (χ1) is 11.5. The van der Waals surface area contributed by atoms with Gasteiger partial charge in [-0.2, -0.15) is 0 Å². The van der Waals surface area contributed by atoms with E-state index in [-0.39, 0.29) is 16.9 Å². The summed E-state index contributed by atoms with van der Waals surface area (Å²) in [6.45, 7) is 8.51. The number of carboxylic acid groups (broad SMARTS) is 1. The van der Waals surface area contributed by atoms with Gasteiger partial charge in [-0.25, -0.2) is 4.79 Å². The predicted molar refractivity (Wildman–Crippen MR) is 95.1 cm³/mol. The van der Waals surface area contributed by atoms with Crippen LogP contribution in [0, 0.1) is 5.92 Å². The molecule has 0 aromatic carbocycles. The predicted octanol–water partition coefficient (Wildman–Crippen LogP) is 0.0722. The Morgan fingerprint density at radius 3 is 2.04 bits per heavy atom. The molecule has 0 radical (unpaired) electrons. The summed E-state index contributed by atoms with van der Waals surface area (Å²) in [5.41, 5.74) is -2.92. The summed E-state index contributed by atoms with van der Waals surface area (Å²) >= 11 is 0. The lowest BCUT2D eigenvalue weighted by molar-refractivity contribution is -0.875. The fourth-order valence-corrected chi connectivity index (χ4v) is 2.67. The molecule has 0 aliphatic carbocycles. The van der Waals surface area contributed by atoms with Crippen molar-refractivity contribution in [1.29, 1.82) is 0 Å². The summed E-state index contributed by atoms with van der Waals surface area (Å²) in [7, 11) is 5.19. The second-order valence-electron chi connectivity index (χ2n) is 8.90. The SMILES string of the molecule is CC[C@H](C)[C@H](NC(=O)OC(C)(C)C)C(=O)[C@@](O)(CC(=O)[O-])C[N+](C)(C)C. The lowest BCUT2D eigenvalue weighted by Gasteiger charge is -2.38. The van der Waals surface area contributed by atoms with Crippen molar-refractivity contribution in [1.82, 2.24) is 5.32 Å². The van der Waals surface area contributed by atoms with E-state index in [1.165, 1.54) is 0 Å². The van der Waals surface area contributed by atoms with Gasteiger partial charge in [0.25, 0.3) is 0 Å². The Morgan fingerprint density at radius 1 is 1.19 bits per heavy atom. The van der Waals surface area contributed by atoms with Gasteiger partial charge in [-0.3, -0.25) is 4.79 Å². The highest BCUT2D eigenvalue weighted by Gasteiger charge is 2.46. The van der Waals surface area contributed by atoms with Crippen LogP contribution in [0.5, 0.6) is 0 Å². The topological polar surface area (TPSA) is 116 Å². The highest BCUT2D eigenvalue weighted by Crippen LogP contribution is 2.22. The smallest absolute Gasteiger partial charge is 0.408 e. The number of amides is 1. The maximum Gasteiger partial charge on any atom is 0.408 e. The van der Waals surface area contributed by atoms with E-state index >= 15 is 0 Å². The van der Waals surface area contributed by atoms with Crippen molar-refractivity contribution in [2.75, 3.05) is 27.7 Å². The number of ether oxygens (including phenoxy) is 1. The normalized spacial score (nSPS) is 17.0. The fourth-order valence-electron chi connectivity index (χ4n) is 2.67. The molecule has 0 rings (SSSR count). The number of alkyl carbamates (subject to hydrolysis) is 1. The molecular weight excluding hydrogens is 340 g/mol. The Labute approximate surface area is 156 Å². The van der Waals surface area contributed by atoms with Gasteiger partial charge in [-0.1, -0.05) is 20.3 Å². The highest BCUT2D eigenvalue weighted by atomic mass is 16.6. The van der Waals surface area contributed by atoms with E-state index in [0.717, 1.165) is 0 Å². The Kier molecular flexibility index (Phi) is 8.25. The van der Waals surface area contributed by atoms with Gasteiger partial charge in [-0.15, -0.1) is 0 Å². The van der Waals surface area contributed by atoms with Crippen molar-refractivity contribution in [2.24, 2.45) is 5.92 Å². The number of hydrogen-bond acceptors (Lipinski definition) is 6. The number of nitrogens with one attached hydrogen (secondary N) is 1. The second kappa shape index (κ2) is 8.81. The summed E-state index contributed by atoms with van der Waals surface area (Å²) in [6, 6.07) is -1.08. The number of aliphatic hydroxyl groups is 1. The first kappa shape index (κ1) is 24.3. The second-order valence-corrected chi connectivity index (χ2v) is 8.90. The van der Waals surface area contributed by atoms with E-state index in [1.807, 2.05) is 6.92 Å². The monoisotopic (exact) mass is 374 g/mol. The van der Waals surface area contributed by atoms with Crippen molar-refractivity contribution in [3.8, 4) is 0 Å². The highest BCUT2D eigenvalue weighted by molar-refractivity contribution is 5.96. The van der Waals surface area contributed by atoms with E-state index in [1.54, 1.807) is 48.8 Å². The van der Waals surface area contributed by atoms with Crippen LogP contribution in [0.2, 0.25) is 0 Å². The van der Waals surface area contributed by atoms with Crippen LogP contribution < -0.4 is 10.4 Å². The summed E-state index contributed by atoms with van der Waals surface area (Å²) in [6.07, 6.45) is -1.10. The molecule has 0 aromatic heterocycles. The molecular formula is C18H34N2O6. The number of rotatable bonds is 9. The lowest BCUT2D eigenvalue weighted by Crippen LogP contribution is -2.62. The number of carbonyl (C=O) groups excluding carboxylic acids is 3. The number of ketones is 1. The van der Waals surface area contributed by atoms with Gasteiger partial charge >= 0.3 is 6.09 Å². The van der Waals surface area contributed by atoms with E-state index in [9.17, 15) is 24.6 Å². The van der Waals surface area contributed by atoms with Crippen molar-refractivity contribution < 1.29 is 33.8 Å². The number of hydrogen-bond donors (Lipinski definition) is 2.